The Balaban J connectivity index is 1.25. The maximum atomic E-state index is 16.8. The van der Waals surface area contributed by atoms with E-state index in [1.807, 2.05) is 25.1 Å². The highest BCUT2D eigenvalue weighted by atomic mass is 32.2. The molecule has 0 spiro atoms. The van der Waals surface area contributed by atoms with Crippen molar-refractivity contribution in [1.29, 1.82) is 5.26 Å². The molecule has 2 N–H and O–H groups in total. The Labute approximate surface area is 245 Å². The first-order valence-electron chi connectivity index (χ1n) is 14.7. The third-order valence-corrected chi connectivity index (χ3v) is 10.9. The number of piperazine rings is 1. The predicted molar refractivity (Wildman–Crippen MR) is 158 cm³/mol. The lowest BCUT2D eigenvalue weighted by atomic mass is 9.95. The highest BCUT2D eigenvalue weighted by Gasteiger charge is 2.49. The molecule has 2 aromatic carbocycles. The Kier molecular flexibility index (Phi) is 6.14. The lowest BCUT2D eigenvalue weighted by Crippen LogP contribution is -2.51. The van der Waals surface area contributed by atoms with Crippen LogP contribution < -0.4 is 20.4 Å². The van der Waals surface area contributed by atoms with Gasteiger partial charge >= 0.3 is 6.01 Å². The van der Waals surface area contributed by atoms with Gasteiger partial charge in [0.25, 0.3) is 0 Å². The van der Waals surface area contributed by atoms with Crippen LogP contribution in [0, 0.1) is 23.4 Å². The average molecular weight is 591 g/mol. The summed E-state index contributed by atoms with van der Waals surface area (Å²) in [7, 11) is -1.05. The van der Waals surface area contributed by atoms with Crippen molar-refractivity contribution in [2.75, 3.05) is 43.1 Å². The van der Waals surface area contributed by atoms with E-state index in [9.17, 15) is 9.65 Å². The number of rotatable bonds is 5. The molecule has 4 fully saturated rings. The molecule has 0 saturated carbocycles. The third-order valence-electron chi connectivity index (χ3n) is 9.69. The number of hydrogen-bond donors (Lipinski definition) is 2. The third kappa shape index (κ3) is 4.08. The van der Waals surface area contributed by atoms with Crippen LogP contribution in [0.4, 0.5) is 20.3 Å². The molecule has 5 aliphatic rings. The van der Waals surface area contributed by atoms with Crippen LogP contribution in [0.1, 0.15) is 37.7 Å². The van der Waals surface area contributed by atoms with Crippen LogP contribution in [0.15, 0.2) is 33.6 Å². The van der Waals surface area contributed by atoms with Gasteiger partial charge in [-0.2, -0.15) is 15.2 Å². The first-order chi connectivity index (χ1) is 20.4. The Hall–Kier alpha value is -3.40. The Morgan fingerprint density at radius 1 is 1.17 bits per heavy atom. The number of halogens is 2. The van der Waals surface area contributed by atoms with Crippen molar-refractivity contribution < 1.29 is 13.5 Å². The van der Waals surface area contributed by atoms with Gasteiger partial charge in [-0.15, -0.1) is 4.47 Å². The fraction of sp³-hybridized carbons (Fsp3) is 0.500. The minimum Gasteiger partial charge on any atom is -0.461 e. The average Bonchev–Trinajstić information content (AvgIpc) is 3.74. The Bertz CT molecular complexity index is 1680. The molecular formula is C30H32F2N8OS. The second-order valence-electron chi connectivity index (χ2n) is 12.3. The summed E-state index contributed by atoms with van der Waals surface area (Å²) in [6.45, 7) is 5.03. The van der Waals surface area contributed by atoms with Crippen LogP contribution in [-0.2, 0) is 10.7 Å². The van der Waals surface area contributed by atoms with Crippen molar-refractivity contribution in [3.8, 4) is 22.5 Å². The van der Waals surface area contributed by atoms with Crippen LogP contribution in [0.2, 0.25) is 0 Å². The molecule has 5 atom stereocenters. The van der Waals surface area contributed by atoms with E-state index in [4.69, 9.17) is 9.72 Å². The molecule has 0 amide bonds. The monoisotopic (exact) mass is 590 g/mol. The van der Waals surface area contributed by atoms with Crippen LogP contribution in [0.25, 0.3) is 22.0 Å². The van der Waals surface area contributed by atoms with Crippen molar-refractivity contribution in [3.63, 3.8) is 0 Å². The van der Waals surface area contributed by atoms with Gasteiger partial charge in [0.2, 0.25) is 0 Å². The van der Waals surface area contributed by atoms with E-state index in [0.717, 1.165) is 50.9 Å². The van der Waals surface area contributed by atoms with Gasteiger partial charge in [0.15, 0.2) is 11.2 Å². The summed E-state index contributed by atoms with van der Waals surface area (Å²) in [5.74, 6) is 0.187. The molecule has 9 nitrogen and oxygen atoms in total. The van der Waals surface area contributed by atoms with Crippen LogP contribution >= 0.6 is 0 Å². The zero-order valence-corrected chi connectivity index (χ0v) is 24.2. The lowest BCUT2D eigenvalue weighted by molar-refractivity contribution is 0.107. The van der Waals surface area contributed by atoms with Crippen molar-refractivity contribution in [2.24, 2.45) is 4.47 Å². The van der Waals surface area contributed by atoms with Gasteiger partial charge in [-0.25, -0.2) is 8.78 Å². The quantitative estimate of drug-likeness (QED) is 0.415. The summed E-state index contributed by atoms with van der Waals surface area (Å²) in [5, 5.41) is 16.3. The lowest BCUT2D eigenvalue weighted by Gasteiger charge is -2.34. The van der Waals surface area contributed by atoms with Gasteiger partial charge < -0.3 is 15.0 Å². The number of aromatic nitrogens is 2. The number of anilines is 2. The van der Waals surface area contributed by atoms with Gasteiger partial charge in [-0.3, -0.25) is 10.3 Å². The van der Waals surface area contributed by atoms with Gasteiger partial charge in [0.1, 0.15) is 24.1 Å². The zero-order chi connectivity index (χ0) is 28.6. The molecule has 0 aliphatic carbocycles. The summed E-state index contributed by atoms with van der Waals surface area (Å²) >= 11 is 0. The van der Waals surface area contributed by atoms with E-state index in [-0.39, 0.29) is 23.7 Å². The SMILES string of the molecule is Cc1ccc2c(c1-c1ccc3c(N4CC5CCC(C4)N5)nc(OC[C@@]45CCCN4C[C@H](F)C5)nc3c1F)S(C#N)=NN2. The number of ether oxygens (including phenoxy) is 1. The first-order valence-corrected chi connectivity index (χ1v) is 15.9. The molecule has 0 radical (unpaired) electrons. The van der Waals surface area contributed by atoms with Gasteiger partial charge in [-0.05, 0) is 56.8 Å². The van der Waals surface area contributed by atoms with E-state index in [0.29, 0.717) is 58.0 Å². The highest BCUT2D eigenvalue weighted by molar-refractivity contribution is 7.92. The van der Waals surface area contributed by atoms with Crippen molar-refractivity contribution in [2.45, 2.75) is 67.7 Å². The number of alkyl halides is 1. The second kappa shape index (κ2) is 9.82. The molecule has 4 saturated heterocycles. The number of hydrogen-bond acceptors (Lipinski definition) is 9. The summed E-state index contributed by atoms with van der Waals surface area (Å²) in [6, 6.07) is 8.30. The van der Waals surface area contributed by atoms with E-state index in [1.54, 1.807) is 6.07 Å². The molecule has 8 rings (SSSR count). The normalized spacial score (nSPS) is 29.7. The number of aryl methyl sites for hydroxylation is 1. The smallest absolute Gasteiger partial charge is 0.319 e. The molecule has 42 heavy (non-hydrogen) atoms. The standard InChI is InChI=1S/C30H32F2N8OS/c1-17-3-8-23-27(42(16-33)38-37-23)24(17)21-6-7-22-26(25(21)32)35-29(36-28(22)39-13-19-4-5-20(14-39)34-19)41-15-30-9-2-10-40(30)12-18(31)11-30/h3,6-8,18-20,34,37H,2,4-5,9-15H2,1H3/t18-,19?,20?,30+,42?/m1/s1. The van der Waals surface area contributed by atoms with Gasteiger partial charge in [0.05, 0.1) is 26.8 Å². The minimum atomic E-state index is -1.05. The van der Waals surface area contributed by atoms with E-state index >= 15 is 4.39 Å². The molecule has 5 aliphatic heterocycles. The van der Waals surface area contributed by atoms with Crippen LogP contribution in [0.3, 0.4) is 0 Å². The predicted octanol–water partition coefficient (Wildman–Crippen LogP) is 4.62. The second-order valence-corrected chi connectivity index (χ2v) is 13.6. The zero-order valence-electron chi connectivity index (χ0n) is 23.4. The highest BCUT2D eigenvalue weighted by Crippen LogP contribution is 2.43. The molecule has 2 bridgehead atoms. The van der Waals surface area contributed by atoms with E-state index < -0.39 is 22.7 Å². The molecule has 3 aromatic rings. The van der Waals surface area contributed by atoms with Gasteiger partial charge in [0, 0.05) is 54.7 Å². The van der Waals surface area contributed by atoms with E-state index in [1.165, 1.54) is 0 Å². The number of nitrogens with zero attached hydrogens (tertiary/aromatic N) is 6. The molecule has 218 valence electrons. The number of nitrogens with one attached hydrogen (secondary N) is 2. The maximum absolute atomic E-state index is 16.8. The summed E-state index contributed by atoms with van der Waals surface area (Å²) in [6.07, 6.45) is 3.65. The Morgan fingerprint density at radius 3 is 2.81 bits per heavy atom. The van der Waals surface area contributed by atoms with E-state index in [2.05, 4.69) is 35.4 Å². The maximum Gasteiger partial charge on any atom is 0.319 e. The molecule has 6 heterocycles. The van der Waals surface area contributed by atoms with Crippen LogP contribution in [-0.4, -0.2) is 71.4 Å². The largest absolute Gasteiger partial charge is 0.461 e. The number of nitriles is 1. The fourth-order valence-electron chi connectivity index (χ4n) is 7.75. The topological polar surface area (TPSA) is 102 Å². The summed E-state index contributed by atoms with van der Waals surface area (Å²) in [5.41, 5.74) is 5.36. The number of fused-ring (bicyclic) bond motifs is 5. The molecule has 1 aromatic heterocycles. The molecular weight excluding hydrogens is 558 g/mol. The molecule has 3 unspecified atom stereocenters. The van der Waals surface area contributed by atoms with Crippen molar-refractivity contribution in [1.82, 2.24) is 20.2 Å². The first kappa shape index (κ1) is 26.2. The number of thiocyanates is 1. The summed E-state index contributed by atoms with van der Waals surface area (Å²) < 4.78 is 41.7. The van der Waals surface area contributed by atoms with Crippen LogP contribution in [0.5, 0.6) is 6.01 Å². The van der Waals surface area contributed by atoms with Crippen molar-refractivity contribution in [3.05, 3.63) is 35.6 Å². The summed E-state index contributed by atoms with van der Waals surface area (Å²) in [4.78, 5) is 14.6. The van der Waals surface area contributed by atoms with Crippen molar-refractivity contribution >= 4 is 33.1 Å². The number of benzene rings is 2. The van der Waals surface area contributed by atoms with Gasteiger partial charge in [-0.1, -0.05) is 12.1 Å². The fourth-order valence-corrected chi connectivity index (χ4v) is 8.95. The minimum absolute atomic E-state index is 0.117. The Morgan fingerprint density at radius 2 is 2.00 bits per heavy atom. The molecule has 12 heteroatoms.